The molecule has 1 fully saturated rings. The second-order valence-corrected chi connectivity index (χ2v) is 5.96. The van der Waals surface area contributed by atoms with E-state index in [9.17, 15) is 0 Å². The van der Waals surface area contributed by atoms with Crippen molar-refractivity contribution in [2.75, 3.05) is 0 Å². The molecular formula is C18H19NO. The molecule has 1 saturated carbocycles. The summed E-state index contributed by atoms with van der Waals surface area (Å²) in [6, 6.07) is 17.2. The third-order valence-corrected chi connectivity index (χ3v) is 4.75. The fraction of sp³-hybridized carbons (Fsp3) is 0.333. The fourth-order valence-electron chi connectivity index (χ4n) is 3.80. The van der Waals surface area contributed by atoms with Crippen LogP contribution in [0.1, 0.15) is 42.2 Å². The molecule has 2 nitrogen and oxygen atoms in total. The topological polar surface area (TPSA) is 35.2 Å². The average molecular weight is 265 g/mol. The Morgan fingerprint density at radius 3 is 2.10 bits per heavy atom. The maximum absolute atomic E-state index is 6.23. The molecule has 3 atom stereocenters. The molecule has 0 radical (unpaired) electrons. The first-order valence-corrected chi connectivity index (χ1v) is 7.44. The van der Waals surface area contributed by atoms with E-state index < -0.39 is 0 Å². The van der Waals surface area contributed by atoms with Crippen molar-refractivity contribution in [2.45, 2.75) is 37.1 Å². The van der Waals surface area contributed by atoms with Gasteiger partial charge in [-0.2, -0.15) is 0 Å². The Morgan fingerprint density at radius 1 is 0.800 bits per heavy atom. The second kappa shape index (κ2) is 4.64. The fourth-order valence-corrected chi connectivity index (χ4v) is 3.80. The number of benzene rings is 2. The van der Waals surface area contributed by atoms with Gasteiger partial charge in [0, 0.05) is 6.04 Å². The van der Waals surface area contributed by atoms with Crippen LogP contribution in [-0.4, -0.2) is 6.04 Å². The number of hydrogen-bond acceptors (Lipinski definition) is 2. The Bertz CT molecular complexity index is 637. The molecule has 102 valence electrons. The van der Waals surface area contributed by atoms with Crippen LogP contribution in [0.5, 0.6) is 11.5 Å². The number of hydrogen-bond donors (Lipinski definition) is 1. The third-order valence-electron chi connectivity index (χ3n) is 4.75. The molecule has 2 N–H and O–H groups in total. The zero-order valence-corrected chi connectivity index (χ0v) is 11.5. The summed E-state index contributed by atoms with van der Waals surface area (Å²) in [5, 5.41) is 0. The first-order valence-electron chi connectivity index (χ1n) is 7.44. The van der Waals surface area contributed by atoms with Gasteiger partial charge in [0.05, 0.1) is 0 Å². The molecule has 1 aliphatic heterocycles. The maximum Gasteiger partial charge on any atom is 0.130 e. The summed E-state index contributed by atoms with van der Waals surface area (Å²) in [5.41, 5.74) is 8.90. The van der Waals surface area contributed by atoms with Gasteiger partial charge in [0.15, 0.2) is 0 Å². The number of para-hydroxylation sites is 2. The van der Waals surface area contributed by atoms with E-state index in [1.165, 1.54) is 11.1 Å². The van der Waals surface area contributed by atoms with Gasteiger partial charge in [-0.1, -0.05) is 36.4 Å². The Hall–Kier alpha value is -1.80. The zero-order chi connectivity index (χ0) is 13.5. The summed E-state index contributed by atoms with van der Waals surface area (Å²) in [4.78, 5) is 0. The van der Waals surface area contributed by atoms with Crippen molar-refractivity contribution in [1.29, 1.82) is 0 Å². The smallest absolute Gasteiger partial charge is 0.130 e. The lowest BCUT2D eigenvalue weighted by atomic mass is 9.71. The highest BCUT2D eigenvalue weighted by atomic mass is 16.5. The second-order valence-electron chi connectivity index (χ2n) is 5.96. The summed E-state index contributed by atoms with van der Waals surface area (Å²) >= 11 is 0. The van der Waals surface area contributed by atoms with Crippen LogP contribution in [0.2, 0.25) is 0 Å². The maximum atomic E-state index is 6.23. The van der Waals surface area contributed by atoms with Gasteiger partial charge >= 0.3 is 0 Å². The number of nitrogens with two attached hydrogens (primary N) is 1. The third kappa shape index (κ3) is 1.83. The SMILES string of the molecule is NC1CCC2c3ccccc3Oc3ccccc3C2C1. The highest BCUT2D eigenvalue weighted by Gasteiger charge is 2.36. The van der Waals surface area contributed by atoms with Crippen molar-refractivity contribution in [2.24, 2.45) is 5.73 Å². The van der Waals surface area contributed by atoms with Crippen molar-refractivity contribution in [3.63, 3.8) is 0 Å². The van der Waals surface area contributed by atoms with Crippen molar-refractivity contribution in [3.8, 4) is 11.5 Å². The highest BCUT2D eigenvalue weighted by Crippen LogP contribution is 2.51. The van der Waals surface area contributed by atoms with E-state index in [0.717, 1.165) is 30.8 Å². The van der Waals surface area contributed by atoms with E-state index in [1.54, 1.807) is 0 Å². The minimum absolute atomic E-state index is 0.314. The molecule has 0 spiro atoms. The van der Waals surface area contributed by atoms with Crippen molar-refractivity contribution in [3.05, 3.63) is 59.7 Å². The van der Waals surface area contributed by atoms with E-state index in [2.05, 4.69) is 42.5 Å². The van der Waals surface area contributed by atoms with E-state index in [-0.39, 0.29) is 0 Å². The van der Waals surface area contributed by atoms with Crippen LogP contribution in [0.25, 0.3) is 0 Å². The van der Waals surface area contributed by atoms with Gasteiger partial charge in [0.2, 0.25) is 0 Å². The lowest BCUT2D eigenvalue weighted by Gasteiger charge is -2.34. The summed E-state index contributed by atoms with van der Waals surface area (Å²) in [7, 11) is 0. The van der Waals surface area contributed by atoms with Crippen molar-refractivity contribution in [1.82, 2.24) is 0 Å². The van der Waals surface area contributed by atoms with Gasteiger partial charge in [-0.25, -0.2) is 0 Å². The lowest BCUT2D eigenvalue weighted by molar-refractivity contribution is 0.349. The Kier molecular flexibility index (Phi) is 2.78. The van der Waals surface area contributed by atoms with Crippen LogP contribution >= 0.6 is 0 Å². The standard InChI is InChI=1S/C18H19NO/c19-12-9-10-13-14-5-1-3-7-17(14)20-18-8-4-2-6-15(18)16(13)11-12/h1-8,12-13,16H,9-11,19H2. The number of rotatable bonds is 0. The van der Waals surface area contributed by atoms with Gasteiger partial charge in [-0.05, 0) is 54.4 Å². The van der Waals surface area contributed by atoms with Gasteiger partial charge < -0.3 is 10.5 Å². The zero-order valence-electron chi connectivity index (χ0n) is 11.5. The summed E-state index contributed by atoms with van der Waals surface area (Å²) in [6.45, 7) is 0. The monoisotopic (exact) mass is 265 g/mol. The van der Waals surface area contributed by atoms with Crippen LogP contribution < -0.4 is 10.5 Å². The van der Waals surface area contributed by atoms with Crippen LogP contribution in [0.15, 0.2) is 48.5 Å². The van der Waals surface area contributed by atoms with E-state index >= 15 is 0 Å². The summed E-state index contributed by atoms with van der Waals surface area (Å²) in [5.74, 6) is 3.04. The number of ether oxygens (including phenoxy) is 1. The van der Waals surface area contributed by atoms with Crippen molar-refractivity contribution < 1.29 is 4.74 Å². The summed E-state index contributed by atoms with van der Waals surface area (Å²) < 4.78 is 6.19. The highest BCUT2D eigenvalue weighted by molar-refractivity contribution is 5.49. The minimum atomic E-state index is 0.314. The molecule has 2 aromatic carbocycles. The first-order chi connectivity index (χ1) is 9.83. The predicted molar refractivity (Wildman–Crippen MR) is 80.3 cm³/mol. The molecule has 1 aliphatic carbocycles. The molecular weight excluding hydrogens is 246 g/mol. The molecule has 0 aromatic heterocycles. The summed E-state index contributed by atoms with van der Waals surface area (Å²) in [6.07, 6.45) is 3.32. The molecule has 0 saturated heterocycles. The predicted octanol–water partition coefficient (Wildman–Crippen LogP) is 4.17. The molecule has 4 rings (SSSR count). The minimum Gasteiger partial charge on any atom is -0.457 e. The van der Waals surface area contributed by atoms with Gasteiger partial charge in [0.1, 0.15) is 11.5 Å². The molecule has 2 aromatic rings. The quantitative estimate of drug-likeness (QED) is 0.776. The lowest BCUT2D eigenvalue weighted by Crippen LogP contribution is -2.30. The Labute approximate surface area is 119 Å². The van der Waals surface area contributed by atoms with Crippen LogP contribution in [0, 0.1) is 0 Å². The molecule has 2 heteroatoms. The normalized spacial score (nSPS) is 27.6. The van der Waals surface area contributed by atoms with Crippen LogP contribution in [0.4, 0.5) is 0 Å². The molecule has 2 aliphatic rings. The average Bonchev–Trinajstić information content (AvgIpc) is 2.61. The van der Waals surface area contributed by atoms with E-state index in [0.29, 0.717) is 17.9 Å². The molecule has 1 heterocycles. The van der Waals surface area contributed by atoms with E-state index in [1.807, 2.05) is 6.07 Å². The molecule has 3 unspecified atom stereocenters. The molecule has 0 bridgehead atoms. The van der Waals surface area contributed by atoms with Gasteiger partial charge in [-0.3, -0.25) is 0 Å². The Balaban J connectivity index is 1.90. The van der Waals surface area contributed by atoms with Gasteiger partial charge in [-0.15, -0.1) is 0 Å². The van der Waals surface area contributed by atoms with Gasteiger partial charge in [0.25, 0.3) is 0 Å². The van der Waals surface area contributed by atoms with Crippen LogP contribution in [0.3, 0.4) is 0 Å². The molecule has 20 heavy (non-hydrogen) atoms. The van der Waals surface area contributed by atoms with Crippen molar-refractivity contribution >= 4 is 0 Å². The van der Waals surface area contributed by atoms with Crippen LogP contribution in [-0.2, 0) is 0 Å². The number of fused-ring (bicyclic) bond motifs is 5. The largest absolute Gasteiger partial charge is 0.457 e. The van der Waals surface area contributed by atoms with E-state index in [4.69, 9.17) is 10.5 Å². The first kappa shape index (κ1) is 12.0. The Morgan fingerprint density at radius 2 is 1.40 bits per heavy atom. The molecule has 0 amide bonds.